The van der Waals surface area contributed by atoms with Crippen LogP contribution in [0.15, 0.2) is 30.3 Å². The molecule has 1 aromatic rings. The van der Waals surface area contributed by atoms with E-state index in [1.807, 2.05) is 37.3 Å². The highest BCUT2D eigenvalue weighted by Gasteiger charge is 2.57. The fraction of sp³-hybridized carbons (Fsp3) is 0.583. The summed E-state index contributed by atoms with van der Waals surface area (Å²) in [6.45, 7) is 6.29. The molecule has 9 heteroatoms. The largest absolute Gasteiger partial charge is 0.479 e. The highest BCUT2D eigenvalue weighted by molar-refractivity contribution is 6.22. The average Bonchev–Trinajstić information content (AvgIpc) is 2.77. The summed E-state index contributed by atoms with van der Waals surface area (Å²) >= 11 is 0. The summed E-state index contributed by atoms with van der Waals surface area (Å²) in [6, 6.07) is 7.50. The van der Waals surface area contributed by atoms with E-state index in [0.717, 1.165) is 12.5 Å². The number of Topliss-reactive ketones (excluding diaryl/α,β-unsaturated/α-hetero) is 3. The van der Waals surface area contributed by atoms with Crippen molar-refractivity contribution in [2.45, 2.75) is 70.4 Å². The number of likely N-dealkylation sites (N-methyl/N-ethyl adjacent to an activating group) is 2. The van der Waals surface area contributed by atoms with Gasteiger partial charge in [0.1, 0.15) is 0 Å². The summed E-state index contributed by atoms with van der Waals surface area (Å²) in [5, 5.41) is 33.9. The van der Waals surface area contributed by atoms with Gasteiger partial charge in [-0.1, -0.05) is 50.6 Å². The number of carbonyl (C=O) groups is 4. The van der Waals surface area contributed by atoms with Gasteiger partial charge in [0, 0.05) is 6.54 Å². The molecule has 0 aliphatic heterocycles. The predicted octanol–water partition coefficient (Wildman–Crippen LogP) is 0.805. The maximum absolute atomic E-state index is 13.5. The smallest absolute Gasteiger partial charge is 0.344 e. The number of carboxylic acids is 1. The SMILES string of the molecule is CCC(C)[C@@H](C(=O)C(C)(O)C(=O)C(O)(CC(=O)[C@H](C)NC)C(=O)O)N(C)Cc1ccccc1. The number of carbonyl (C=O) groups excluding carboxylic acids is 3. The number of hydrogen-bond donors (Lipinski definition) is 4. The molecule has 3 unspecified atom stereocenters. The zero-order chi connectivity index (χ0) is 25.6. The van der Waals surface area contributed by atoms with Crippen molar-refractivity contribution in [1.82, 2.24) is 10.2 Å². The second-order valence-corrected chi connectivity index (χ2v) is 8.82. The molecule has 0 aromatic heterocycles. The zero-order valence-corrected chi connectivity index (χ0v) is 20.2. The van der Waals surface area contributed by atoms with Crippen LogP contribution < -0.4 is 5.32 Å². The molecule has 0 saturated carbocycles. The number of nitrogens with zero attached hydrogens (tertiary/aromatic N) is 1. The summed E-state index contributed by atoms with van der Waals surface area (Å²) in [7, 11) is 3.13. The van der Waals surface area contributed by atoms with Crippen molar-refractivity contribution >= 4 is 23.3 Å². The minimum absolute atomic E-state index is 0.297. The highest BCUT2D eigenvalue weighted by Crippen LogP contribution is 2.28. The first-order valence-electron chi connectivity index (χ1n) is 10.9. The summed E-state index contributed by atoms with van der Waals surface area (Å²) in [5.74, 6) is -5.62. The van der Waals surface area contributed by atoms with Gasteiger partial charge in [-0.15, -0.1) is 0 Å². The molecule has 0 heterocycles. The first kappa shape index (κ1) is 28.6. The molecule has 0 aliphatic rings. The number of benzene rings is 1. The van der Waals surface area contributed by atoms with Crippen LogP contribution in [-0.2, 0) is 25.7 Å². The van der Waals surface area contributed by atoms with Gasteiger partial charge >= 0.3 is 5.97 Å². The van der Waals surface area contributed by atoms with Gasteiger partial charge in [0.2, 0.25) is 11.4 Å². The monoisotopic (exact) mass is 464 g/mol. The van der Waals surface area contributed by atoms with Crippen molar-refractivity contribution in [2.24, 2.45) is 5.92 Å². The maximum atomic E-state index is 13.5. The van der Waals surface area contributed by atoms with Crippen LogP contribution in [0.1, 0.15) is 46.1 Å². The molecule has 1 rings (SSSR count). The topological polar surface area (TPSA) is 144 Å². The van der Waals surface area contributed by atoms with Crippen LogP contribution >= 0.6 is 0 Å². The molecule has 0 radical (unpaired) electrons. The first-order valence-corrected chi connectivity index (χ1v) is 10.9. The third kappa shape index (κ3) is 6.54. The molecule has 1 aromatic carbocycles. The summed E-state index contributed by atoms with van der Waals surface area (Å²) in [4.78, 5) is 52.4. The number of rotatable bonds is 14. The highest BCUT2D eigenvalue weighted by atomic mass is 16.4. The van der Waals surface area contributed by atoms with Gasteiger partial charge < -0.3 is 20.6 Å². The van der Waals surface area contributed by atoms with Gasteiger partial charge in [-0.3, -0.25) is 19.3 Å². The lowest BCUT2D eigenvalue weighted by Gasteiger charge is -2.37. The Bertz CT molecular complexity index is 856. The van der Waals surface area contributed by atoms with Gasteiger partial charge in [-0.05, 0) is 39.4 Å². The van der Waals surface area contributed by atoms with Crippen molar-refractivity contribution in [3.8, 4) is 0 Å². The third-order valence-corrected chi connectivity index (χ3v) is 6.20. The van der Waals surface area contributed by atoms with Crippen molar-refractivity contribution in [2.75, 3.05) is 14.1 Å². The molecule has 0 spiro atoms. The zero-order valence-electron chi connectivity index (χ0n) is 20.2. The minimum Gasteiger partial charge on any atom is -0.479 e. The maximum Gasteiger partial charge on any atom is 0.344 e. The van der Waals surface area contributed by atoms with E-state index in [4.69, 9.17) is 0 Å². The van der Waals surface area contributed by atoms with Crippen molar-refractivity contribution in [3.05, 3.63) is 35.9 Å². The second-order valence-electron chi connectivity index (χ2n) is 8.82. The second kappa shape index (κ2) is 11.6. The Hall–Kier alpha value is -2.46. The number of nitrogens with one attached hydrogen (secondary N) is 1. The van der Waals surface area contributed by atoms with E-state index < -0.39 is 53.0 Å². The number of aliphatic carboxylic acids is 1. The Labute approximate surface area is 194 Å². The summed E-state index contributed by atoms with van der Waals surface area (Å²) in [5.41, 5.74) is -5.19. The lowest BCUT2D eigenvalue weighted by Crippen LogP contribution is -2.64. The lowest BCUT2D eigenvalue weighted by molar-refractivity contribution is -0.178. The predicted molar refractivity (Wildman–Crippen MR) is 123 cm³/mol. The van der Waals surface area contributed by atoms with E-state index in [-0.39, 0.29) is 5.92 Å². The molecule has 4 N–H and O–H groups in total. The Kier molecular flexibility index (Phi) is 10.0. The van der Waals surface area contributed by atoms with E-state index >= 15 is 0 Å². The van der Waals surface area contributed by atoms with E-state index in [0.29, 0.717) is 13.0 Å². The lowest BCUT2D eigenvalue weighted by atomic mass is 9.76. The van der Waals surface area contributed by atoms with Gasteiger partial charge in [-0.25, -0.2) is 4.79 Å². The number of ketones is 3. The third-order valence-electron chi connectivity index (χ3n) is 6.20. The van der Waals surface area contributed by atoms with Crippen LogP contribution in [0.3, 0.4) is 0 Å². The molecule has 0 fully saturated rings. The quantitative estimate of drug-likeness (QED) is 0.294. The van der Waals surface area contributed by atoms with Gasteiger partial charge in [0.05, 0.1) is 18.5 Å². The van der Waals surface area contributed by atoms with Crippen molar-refractivity contribution < 1.29 is 34.5 Å². The fourth-order valence-electron chi connectivity index (χ4n) is 3.71. The molecule has 184 valence electrons. The van der Waals surface area contributed by atoms with E-state index in [1.54, 1.807) is 18.9 Å². The number of carboxylic acid groups (broad SMARTS) is 1. The van der Waals surface area contributed by atoms with Crippen molar-refractivity contribution in [3.63, 3.8) is 0 Å². The molecule has 9 nitrogen and oxygen atoms in total. The Morgan fingerprint density at radius 1 is 1.09 bits per heavy atom. The molecule has 5 atom stereocenters. The fourth-order valence-corrected chi connectivity index (χ4v) is 3.71. The molecule has 0 amide bonds. The van der Waals surface area contributed by atoms with Crippen LogP contribution in [0.2, 0.25) is 0 Å². The number of aliphatic hydroxyl groups is 2. The molecule has 0 aliphatic carbocycles. The molecule has 0 saturated heterocycles. The normalized spacial score (nSPS) is 18.0. The minimum atomic E-state index is -3.25. The summed E-state index contributed by atoms with van der Waals surface area (Å²) < 4.78 is 0. The van der Waals surface area contributed by atoms with Gasteiger partial charge in [0.25, 0.3) is 0 Å². The standard InChI is InChI=1S/C24H36N2O7/c1-7-15(2)19(26(6)14-17-11-9-8-10-12-17)20(28)23(4,32)21(29)24(33,22(30)31)13-18(27)16(3)25-5/h8-12,15-16,19,25,32-33H,7,13-14H2,1-6H3,(H,30,31)/t15?,16-,19-,23?,24?/m0/s1. The van der Waals surface area contributed by atoms with E-state index in [1.165, 1.54) is 14.0 Å². The Morgan fingerprint density at radius 3 is 2.09 bits per heavy atom. The van der Waals surface area contributed by atoms with Gasteiger partial charge in [-0.2, -0.15) is 0 Å². The molecule has 33 heavy (non-hydrogen) atoms. The molecular formula is C24H36N2O7. The van der Waals surface area contributed by atoms with Crippen LogP contribution in [0, 0.1) is 5.92 Å². The molecular weight excluding hydrogens is 428 g/mol. The van der Waals surface area contributed by atoms with E-state index in [2.05, 4.69) is 5.32 Å². The summed E-state index contributed by atoms with van der Waals surface area (Å²) in [6.07, 6.45) is -0.540. The van der Waals surface area contributed by atoms with Crippen LogP contribution in [0.4, 0.5) is 0 Å². The van der Waals surface area contributed by atoms with Crippen LogP contribution in [0.25, 0.3) is 0 Å². The van der Waals surface area contributed by atoms with Crippen LogP contribution in [0.5, 0.6) is 0 Å². The van der Waals surface area contributed by atoms with Crippen LogP contribution in [-0.4, -0.2) is 80.9 Å². The Balaban J connectivity index is 3.32. The van der Waals surface area contributed by atoms with Crippen molar-refractivity contribution in [1.29, 1.82) is 0 Å². The Morgan fingerprint density at radius 2 is 1.64 bits per heavy atom. The number of hydrogen-bond acceptors (Lipinski definition) is 8. The molecule has 0 bridgehead atoms. The average molecular weight is 465 g/mol. The van der Waals surface area contributed by atoms with Gasteiger partial charge in [0.15, 0.2) is 17.2 Å². The van der Waals surface area contributed by atoms with E-state index in [9.17, 15) is 34.5 Å². The first-order chi connectivity index (χ1) is 15.2.